The van der Waals surface area contributed by atoms with Gasteiger partial charge in [0.05, 0.1) is 5.54 Å². The van der Waals surface area contributed by atoms with Crippen LogP contribution in [-0.4, -0.2) is 36.1 Å². The molecule has 0 aromatic carbocycles. The van der Waals surface area contributed by atoms with Gasteiger partial charge in [0.2, 0.25) is 0 Å². The van der Waals surface area contributed by atoms with Crippen LogP contribution >= 0.6 is 11.3 Å². The predicted octanol–water partition coefficient (Wildman–Crippen LogP) is 2.37. The van der Waals surface area contributed by atoms with E-state index in [1.165, 1.54) is 11.4 Å². The van der Waals surface area contributed by atoms with Crippen molar-refractivity contribution < 1.29 is 0 Å². The molecule has 17 heavy (non-hydrogen) atoms. The quantitative estimate of drug-likeness (QED) is 0.893. The van der Waals surface area contributed by atoms with Crippen LogP contribution in [0.2, 0.25) is 0 Å². The highest BCUT2D eigenvalue weighted by atomic mass is 32.1. The molecule has 1 aromatic rings. The number of nitrogens with one attached hydrogen (secondary N) is 1. The lowest BCUT2D eigenvalue weighted by atomic mass is 9.97. The zero-order valence-corrected chi connectivity index (χ0v) is 12.1. The first kappa shape index (κ1) is 13.0. The highest BCUT2D eigenvalue weighted by molar-refractivity contribution is 7.09. The number of likely N-dealkylation sites (tertiary alicyclic amines) is 1. The van der Waals surface area contributed by atoms with Crippen molar-refractivity contribution >= 4 is 11.3 Å². The average molecular weight is 253 g/mol. The Bertz CT molecular complexity index is 364. The van der Waals surface area contributed by atoms with Crippen molar-refractivity contribution in [1.82, 2.24) is 15.2 Å². The molecule has 1 aromatic heterocycles. The Kier molecular flexibility index (Phi) is 3.85. The smallest absolute Gasteiger partial charge is 0.114 e. The van der Waals surface area contributed by atoms with E-state index < -0.39 is 0 Å². The second-order valence-electron chi connectivity index (χ2n) is 5.27. The minimum Gasteiger partial charge on any atom is -0.304 e. The number of aryl methyl sites for hydroxylation is 1. The Morgan fingerprint density at radius 3 is 2.88 bits per heavy atom. The van der Waals surface area contributed by atoms with Gasteiger partial charge in [0.25, 0.3) is 0 Å². The van der Waals surface area contributed by atoms with E-state index in [2.05, 4.69) is 43.4 Å². The normalized spacial score (nSPS) is 30.0. The van der Waals surface area contributed by atoms with Gasteiger partial charge in [0.15, 0.2) is 0 Å². The summed E-state index contributed by atoms with van der Waals surface area (Å²) in [5.74, 6) is 0. The summed E-state index contributed by atoms with van der Waals surface area (Å²) in [6, 6.07) is 0.628. The zero-order valence-electron chi connectivity index (χ0n) is 11.3. The van der Waals surface area contributed by atoms with Gasteiger partial charge in [-0.25, -0.2) is 4.98 Å². The summed E-state index contributed by atoms with van der Waals surface area (Å²) in [5.41, 5.74) is 1.23. The Morgan fingerprint density at radius 2 is 2.41 bits per heavy atom. The largest absolute Gasteiger partial charge is 0.304 e. The molecule has 96 valence electrons. The molecule has 4 heteroatoms. The topological polar surface area (TPSA) is 28.2 Å². The first-order chi connectivity index (χ1) is 8.07. The van der Waals surface area contributed by atoms with Crippen LogP contribution in [0.5, 0.6) is 0 Å². The Balaban J connectivity index is 2.25. The fourth-order valence-corrected chi connectivity index (χ4v) is 3.58. The van der Waals surface area contributed by atoms with Gasteiger partial charge < -0.3 is 10.2 Å². The van der Waals surface area contributed by atoms with Gasteiger partial charge in [0.1, 0.15) is 5.01 Å². The predicted molar refractivity (Wildman–Crippen MR) is 73.5 cm³/mol. The highest BCUT2D eigenvalue weighted by Gasteiger charge is 2.43. The summed E-state index contributed by atoms with van der Waals surface area (Å²) in [7, 11) is 2.21. The number of hydrogen-bond donors (Lipinski definition) is 1. The van der Waals surface area contributed by atoms with Gasteiger partial charge in [-0.1, -0.05) is 6.92 Å². The van der Waals surface area contributed by atoms with Gasteiger partial charge >= 0.3 is 0 Å². The Hall–Kier alpha value is -0.450. The molecule has 0 bridgehead atoms. The molecule has 1 aliphatic rings. The van der Waals surface area contributed by atoms with Gasteiger partial charge in [-0.15, -0.1) is 11.3 Å². The van der Waals surface area contributed by atoms with Crippen LogP contribution in [-0.2, 0) is 5.54 Å². The van der Waals surface area contributed by atoms with Crippen molar-refractivity contribution in [3.05, 3.63) is 16.1 Å². The average Bonchev–Trinajstić information content (AvgIpc) is 2.83. The third-order valence-electron chi connectivity index (χ3n) is 3.66. The zero-order chi connectivity index (χ0) is 12.5. The lowest BCUT2D eigenvalue weighted by molar-refractivity contribution is 0.299. The van der Waals surface area contributed by atoms with Gasteiger partial charge in [-0.05, 0) is 40.3 Å². The molecule has 1 fully saturated rings. The van der Waals surface area contributed by atoms with E-state index in [1.807, 2.05) is 0 Å². The molecule has 2 heterocycles. The number of thiazole rings is 1. The van der Waals surface area contributed by atoms with E-state index in [-0.39, 0.29) is 5.54 Å². The molecule has 2 atom stereocenters. The molecule has 3 nitrogen and oxygen atoms in total. The van der Waals surface area contributed by atoms with Crippen LogP contribution in [0, 0.1) is 6.92 Å². The van der Waals surface area contributed by atoms with E-state index >= 15 is 0 Å². The maximum absolute atomic E-state index is 4.72. The van der Waals surface area contributed by atoms with Crippen LogP contribution in [0.15, 0.2) is 5.38 Å². The Morgan fingerprint density at radius 1 is 1.65 bits per heavy atom. The van der Waals surface area contributed by atoms with E-state index in [4.69, 9.17) is 4.98 Å². The van der Waals surface area contributed by atoms with Gasteiger partial charge in [-0.2, -0.15) is 0 Å². The summed E-state index contributed by atoms with van der Waals surface area (Å²) in [6.07, 6.45) is 2.33. The van der Waals surface area contributed by atoms with Crippen molar-refractivity contribution in [3.8, 4) is 0 Å². The number of hydrogen-bond acceptors (Lipinski definition) is 4. The monoisotopic (exact) mass is 253 g/mol. The summed E-state index contributed by atoms with van der Waals surface area (Å²) in [5, 5.41) is 7.17. The second-order valence-corrected chi connectivity index (χ2v) is 6.13. The number of rotatable bonds is 4. The lowest BCUT2D eigenvalue weighted by Crippen LogP contribution is -2.44. The van der Waals surface area contributed by atoms with E-state index in [0.717, 1.165) is 25.2 Å². The minimum atomic E-state index is 0.0864. The molecule has 1 N–H and O–H groups in total. The van der Waals surface area contributed by atoms with Crippen molar-refractivity contribution in [2.45, 2.75) is 45.2 Å². The maximum Gasteiger partial charge on any atom is 0.114 e. The summed E-state index contributed by atoms with van der Waals surface area (Å²) >= 11 is 1.80. The van der Waals surface area contributed by atoms with E-state index in [9.17, 15) is 0 Å². The highest BCUT2D eigenvalue weighted by Crippen LogP contribution is 2.36. The van der Waals surface area contributed by atoms with Gasteiger partial charge in [-0.3, -0.25) is 0 Å². The summed E-state index contributed by atoms with van der Waals surface area (Å²) < 4.78 is 0. The molecule has 1 saturated heterocycles. The van der Waals surface area contributed by atoms with Crippen LogP contribution in [0.25, 0.3) is 0 Å². The van der Waals surface area contributed by atoms with Crippen LogP contribution in [0.4, 0.5) is 0 Å². The minimum absolute atomic E-state index is 0.0864. The fourth-order valence-electron chi connectivity index (χ4n) is 2.60. The molecular formula is C13H23N3S. The van der Waals surface area contributed by atoms with Gasteiger partial charge in [0, 0.05) is 23.7 Å². The second kappa shape index (κ2) is 5.04. The SMILES string of the molecule is CCCNC1(c2nc(C)cs2)CC(C)N(C)C1. The number of likely N-dealkylation sites (N-methyl/N-ethyl adjacent to an activating group) is 1. The summed E-state index contributed by atoms with van der Waals surface area (Å²) in [4.78, 5) is 7.15. The molecule has 0 aliphatic carbocycles. The van der Waals surface area contributed by atoms with E-state index in [0.29, 0.717) is 6.04 Å². The van der Waals surface area contributed by atoms with Crippen LogP contribution < -0.4 is 5.32 Å². The van der Waals surface area contributed by atoms with Crippen molar-refractivity contribution in [3.63, 3.8) is 0 Å². The molecule has 0 amide bonds. The lowest BCUT2D eigenvalue weighted by Gasteiger charge is -2.28. The fraction of sp³-hybridized carbons (Fsp3) is 0.769. The molecule has 0 saturated carbocycles. The first-order valence-electron chi connectivity index (χ1n) is 6.45. The molecule has 1 aliphatic heterocycles. The van der Waals surface area contributed by atoms with Crippen LogP contribution in [0.3, 0.4) is 0 Å². The summed E-state index contributed by atoms with van der Waals surface area (Å²) in [6.45, 7) is 8.74. The number of aromatic nitrogens is 1. The van der Waals surface area contributed by atoms with Crippen molar-refractivity contribution in [1.29, 1.82) is 0 Å². The molecule has 0 spiro atoms. The number of nitrogens with zero attached hydrogens (tertiary/aromatic N) is 2. The third-order valence-corrected chi connectivity index (χ3v) is 4.82. The van der Waals surface area contributed by atoms with E-state index in [1.54, 1.807) is 11.3 Å². The first-order valence-corrected chi connectivity index (χ1v) is 7.33. The van der Waals surface area contributed by atoms with Crippen molar-refractivity contribution in [2.24, 2.45) is 0 Å². The molecular weight excluding hydrogens is 230 g/mol. The van der Waals surface area contributed by atoms with Crippen LogP contribution in [0.1, 0.15) is 37.4 Å². The molecule has 2 rings (SSSR count). The molecule has 2 unspecified atom stereocenters. The third kappa shape index (κ3) is 2.54. The standard InChI is InChI=1S/C13H23N3S/c1-5-6-14-13(7-11(3)16(4)9-13)12-15-10(2)8-17-12/h8,11,14H,5-7,9H2,1-4H3. The van der Waals surface area contributed by atoms with Crippen molar-refractivity contribution in [2.75, 3.05) is 20.1 Å². The molecule has 0 radical (unpaired) electrons. The Labute approximate surface area is 108 Å². The maximum atomic E-state index is 4.72.